The van der Waals surface area contributed by atoms with Crippen LogP contribution in [0.1, 0.15) is 24.0 Å². The molecule has 0 spiro atoms. The number of benzene rings is 1. The lowest BCUT2D eigenvalue weighted by Crippen LogP contribution is -2.28. The smallest absolute Gasteiger partial charge is 0.242 e. The number of aryl methyl sites for hydroxylation is 1. The van der Waals surface area contributed by atoms with Crippen LogP contribution >= 0.6 is 0 Å². The number of sulfonamides is 1. The van der Waals surface area contributed by atoms with E-state index in [2.05, 4.69) is 11.9 Å². The second-order valence-corrected chi connectivity index (χ2v) is 7.05. The molecular formula is C15H23FN2O2S. The van der Waals surface area contributed by atoms with Crippen molar-refractivity contribution in [1.82, 2.24) is 9.62 Å². The summed E-state index contributed by atoms with van der Waals surface area (Å²) in [6.07, 6.45) is 3.23. The van der Waals surface area contributed by atoms with Crippen LogP contribution < -0.4 is 5.32 Å². The Kier molecular flexibility index (Phi) is 6.51. The van der Waals surface area contributed by atoms with E-state index in [1.807, 2.05) is 0 Å². The monoisotopic (exact) mass is 314 g/mol. The lowest BCUT2D eigenvalue weighted by molar-refractivity contribution is 0.462. The highest BCUT2D eigenvalue weighted by Gasteiger charge is 2.22. The van der Waals surface area contributed by atoms with E-state index in [-0.39, 0.29) is 17.3 Å². The number of nitrogens with zero attached hydrogens (tertiary/aromatic N) is 1. The standard InChI is InChI=1S/C15H23FN2O2S/c1-5-6-7-8-18(4)21(19,20)14-9-12(2)15(16)13(10-14)11-17-3/h5,9-10,17H,1,6-8,11H2,2-4H3. The maximum atomic E-state index is 13.9. The minimum atomic E-state index is -3.59. The van der Waals surface area contributed by atoms with E-state index in [9.17, 15) is 12.8 Å². The molecule has 0 atom stereocenters. The number of allylic oxidation sites excluding steroid dienone is 1. The molecule has 1 rings (SSSR count). The fourth-order valence-electron chi connectivity index (χ4n) is 2.03. The number of hydrogen-bond acceptors (Lipinski definition) is 3. The van der Waals surface area contributed by atoms with Gasteiger partial charge in [0.1, 0.15) is 5.82 Å². The van der Waals surface area contributed by atoms with E-state index < -0.39 is 10.0 Å². The van der Waals surface area contributed by atoms with Crippen LogP contribution in [0.3, 0.4) is 0 Å². The van der Waals surface area contributed by atoms with Crippen molar-refractivity contribution in [3.63, 3.8) is 0 Å². The molecule has 6 heteroatoms. The molecule has 0 saturated carbocycles. The molecule has 0 fully saturated rings. The van der Waals surface area contributed by atoms with Gasteiger partial charge in [-0.15, -0.1) is 6.58 Å². The summed E-state index contributed by atoms with van der Waals surface area (Å²) in [5.41, 5.74) is 0.691. The zero-order chi connectivity index (χ0) is 16.0. The van der Waals surface area contributed by atoms with Crippen LogP contribution in [0.2, 0.25) is 0 Å². The van der Waals surface area contributed by atoms with Crippen LogP contribution in [0, 0.1) is 12.7 Å². The van der Waals surface area contributed by atoms with Crippen LogP contribution in [-0.4, -0.2) is 33.4 Å². The second-order valence-electron chi connectivity index (χ2n) is 5.00. The van der Waals surface area contributed by atoms with Crippen LogP contribution in [0.15, 0.2) is 29.7 Å². The molecule has 4 nitrogen and oxygen atoms in total. The molecule has 0 bridgehead atoms. The van der Waals surface area contributed by atoms with Gasteiger partial charge < -0.3 is 5.32 Å². The Morgan fingerprint density at radius 3 is 2.67 bits per heavy atom. The Morgan fingerprint density at radius 2 is 2.10 bits per heavy atom. The van der Waals surface area contributed by atoms with Crippen LogP contribution in [0.4, 0.5) is 4.39 Å². The zero-order valence-corrected chi connectivity index (χ0v) is 13.6. The Morgan fingerprint density at radius 1 is 1.43 bits per heavy atom. The molecule has 1 N–H and O–H groups in total. The van der Waals surface area contributed by atoms with Gasteiger partial charge in [0.2, 0.25) is 10.0 Å². The van der Waals surface area contributed by atoms with Crippen molar-refractivity contribution in [1.29, 1.82) is 0 Å². The molecule has 0 aromatic heterocycles. The Bertz CT molecular complexity index is 600. The summed E-state index contributed by atoms with van der Waals surface area (Å²) < 4.78 is 40.3. The van der Waals surface area contributed by atoms with Gasteiger partial charge in [-0.25, -0.2) is 17.1 Å². The molecule has 0 unspecified atom stereocenters. The van der Waals surface area contributed by atoms with E-state index in [0.29, 0.717) is 24.1 Å². The van der Waals surface area contributed by atoms with Crippen LogP contribution in [0.25, 0.3) is 0 Å². The van der Waals surface area contributed by atoms with E-state index >= 15 is 0 Å². The number of rotatable bonds is 8. The molecule has 118 valence electrons. The molecular weight excluding hydrogens is 291 g/mol. The fourth-order valence-corrected chi connectivity index (χ4v) is 3.38. The van der Waals surface area contributed by atoms with E-state index in [0.717, 1.165) is 6.42 Å². The van der Waals surface area contributed by atoms with Crippen molar-refractivity contribution in [3.8, 4) is 0 Å². The third-order valence-electron chi connectivity index (χ3n) is 3.26. The Hall–Kier alpha value is -1.24. The predicted molar refractivity (Wildman–Crippen MR) is 83.1 cm³/mol. The summed E-state index contributed by atoms with van der Waals surface area (Å²) in [7, 11) is -0.367. The number of hydrogen-bond donors (Lipinski definition) is 1. The topological polar surface area (TPSA) is 49.4 Å². The maximum Gasteiger partial charge on any atom is 0.242 e. The summed E-state index contributed by atoms with van der Waals surface area (Å²) in [6, 6.07) is 2.78. The molecule has 0 heterocycles. The lowest BCUT2D eigenvalue weighted by Gasteiger charge is -2.18. The molecule has 1 aromatic carbocycles. The van der Waals surface area contributed by atoms with Crippen molar-refractivity contribution in [2.45, 2.75) is 31.2 Å². The molecule has 21 heavy (non-hydrogen) atoms. The molecule has 0 aliphatic heterocycles. The van der Waals surface area contributed by atoms with Gasteiger partial charge in [-0.2, -0.15) is 0 Å². The van der Waals surface area contributed by atoms with E-state index in [1.54, 1.807) is 20.0 Å². The summed E-state index contributed by atoms with van der Waals surface area (Å²) in [4.78, 5) is 0.132. The zero-order valence-electron chi connectivity index (χ0n) is 12.8. The Balaban J connectivity index is 3.10. The number of halogens is 1. The predicted octanol–water partition coefficient (Wildman–Crippen LogP) is 2.44. The molecule has 0 radical (unpaired) electrons. The number of unbranched alkanes of at least 4 members (excludes halogenated alkanes) is 1. The number of nitrogens with one attached hydrogen (secondary N) is 1. The van der Waals surface area contributed by atoms with Gasteiger partial charge in [-0.1, -0.05) is 6.08 Å². The fraction of sp³-hybridized carbons (Fsp3) is 0.467. The van der Waals surface area contributed by atoms with Gasteiger partial charge in [0.05, 0.1) is 4.90 Å². The highest BCUT2D eigenvalue weighted by atomic mass is 32.2. The average molecular weight is 314 g/mol. The minimum Gasteiger partial charge on any atom is -0.316 e. The normalized spacial score (nSPS) is 11.9. The molecule has 0 saturated heterocycles. The lowest BCUT2D eigenvalue weighted by atomic mass is 10.1. The maximum absolute atomic E-state index is 13.9. The van der Waals surface area contributed by atoms with Crippen molar-refractivity contribution < 1.29 is 12.8 Å². The third-order valence-corrected chi connectivity index (χ3v) is 5.09. The summed E-state index contributed by atoms with van der Waals surface area (Å²) in [5, 5.41) is 2.84. The van der Waals surface area contributed by atoms with Crippen molar-refractivity contribution in [2.75, 3.05) is 20.6 Å². The quantitative estimate of drug-likeness (QED) is 0.592. The molecule has 0 aliphatic rings. The van der Waals surface area contributed by atoms with E-state index in [1.165, 1.54) is 23.5 Å². The summed E-state index contributed by atoms with van der Waals surface area (Å²) in [5.74, 6) is -0.363. The Labute approximate surface area is 126 Å². The van der Waals surface area contributed by atoms with Crippen molar-refractivity contribution in [2.24, 2.45) is 0 Å². The SMILES string of the molecule is C=CCCCN(C)S(=O)(=O)c1cc(C)c(F)c(CNC)c1. The van der Waals surface area contributed by atoms with Gasteiger partial charge in [0, 0.05) is 25.7 Å². The van der Waals surface area contributed by atoms with Gasteiger partial charge in [0.15, 0.2) is 0 Å². The highest BCUT2D eigenvalue weighted by molar-refractivity contribution is 7.89. The largest absolute Gasteiger partial charge is 0.316 e. The summed E-state index contributed by atoms with van der Waals surface area (Å²) in [6.45, 7) is 5.89. The first-order chi connectivity index (χ1) is 9.84. The first-order valence-electron chi connectivity index (χ1n) is 6.85. The first kappa shape index (κ1) is 17.8. The van der Waals surface area contributed by atoms with Crippen LogP contribution in [-0.2, 0) is 16.6 Å². The van der Waals surface area contributed by atoms with Gasteiger partial charge >= 0.3 is 0 Å². The van der Waals surface area contributed by atoms with Gasteiger partial charge in [-0.05, 0) is 44.5 Å². The average Bonchev–Trinajstić information content (AvgIpc) is 2.43. The van der Waals surface area contributed by atoms with E-state index in [4.69, 9.17) is 0 Å². The van der Waals surface area contributed by atoms with Crippen molar-refractivity contribution in [3.05, 3.63) is 41.7 Å². The second kappa shape index (κ2) is 7.68. The molecule has 0 amide bonds. The third kappa shape index (κ3) is 4.36. The minimum absolute atomic E-state index is 0.132. The van der Waals surface area contributed by atoms with Crippen molar-refractivity contribution >= 4 is 10.0 Å². The molecule has 1 aromatic rings. The van der Waals surface area contributed by atoms with Gasteiger partial charge in [0.25, 0.3) is 0 Å². The highest BCUT2D eigenvalue weighted by Crippen LogP contribution is 2.22. The van der Waals surface area contributed by atoms with Gasteiger partial charge in [-0.3, -0.25) is 0 Å². The first-order valence-corrected chi connectivity index (χ1v) is 8.29. The summed E-state index contributed by atoms with van der Waals surface area (Å²) >= 11 is 0. The van der Waals surface area contributed by atoms with Crippen LogP contribution in [0.5, 0.6) is 0 Å². The molecule has 0 aliphatic carbocycles.